The Kier molecular flexibility index (Phi) is 7.64. The Morgan fingerprint density at radius 1 is 1.57 bits per heavy atom. The van der Waals surface area contributed by atoms with Gasteiger partial charge in [-0.2, -0.15) is 11.8 Å². The summed E-state index contributed by atoms with van der Waals surface area (Å²) in [4.78, 5) is 0. The minimum absolute atomic E-state index is 0.341. The Morgan fingerprint density at radius 2 is 2.21 bits per heavy atom. The van der Waals surface area contributed by atoms with E-state index in [1.54, 1.807) is 18.9 Å². The zero-order valence-corrected chi connectivity index (χ0v) is 10.5. The first-order valence-corrected chi connectivity index (χ1v) is 6.38. The molecule has 0 aromatic rings. The van der Waals surface area contributed by atoms with Crippen LogP contribution in [0.2, 0.25) is 0 Å². The van der Waals surface area contributed by atoms with Gasteiger partial charge in [0.05, 0.1) is 12.2 Å². The first-order valence-electron chi connectivity index (χ1n) is 4.99. The Balaban J connectivity index is 3.76. The smallest absolute Gasteiger partial charge is 0.0833 e. The first kappa shape index (κ1) is 14.2. The average molecular weight is 221 g/mol. The molecule has 4 heteroatoms. The molecule has 0 aromatic heterocycles. The third-order valence-corrected chi connectivity index (χ3v) is 3.00. The van der Waals surface area contributed by atoms with Gasteiger partial charge in [0, 0.05) is 25.4 Å². The molecule has 0 heterocycles. The van der Waals surface area contributed by atoms with E-state index < -0.39 is 5.60 Å². The Hall–Kier alpha value is 0.230. The van der Waals surface area contributed by atoms with Crippen LogP contribution < -0.4 is 5.32 Å². The van der Waals surface area contributed by atoms with E-state index in [9.17, 15) is 5.11 Å². The van der Waals surface area contributed by atoms with Crippen molar-refractivity contribution in [2.75, 3.05) is 32.3 Å². The van der Waals surface area contributed by atoms with E-state index in [1.807, 2.05) is 13.2 Å². The number of aliphatic hydroxyl groups is 1. The van der Waals surface area contributed by atoms with Gasteiger partial charge in [0.1, 0.15) is 0 Å². The lowest BCUT2D eigenvalue weighted by Crippen LogP contribution is -2.45. The topological polar surface area (TPSA) is 41.5 Å². The van der Waals surface area contributed by atoms with Crippen LogP contribution in [-0.4, -0.2) is 49.0 Å². The van der Waals surface area contributed by atoms with Gasteiger partial charge in [0.2, 0.25) is 0 Å². The highest BCUT2D eigenvalue weighted by molar-refractivity contribution is 7.98. The summed E-state index contributed by atoms with van der Waals surface area (Å²) < 4.78 is 5.07. The van der Waals surface area contributed by atoms with Crippen molar-refractivity contribution < 1.29 is 9.84 Å². The number of hydrogen-bond donors (Lipinski definition) is 2. The van der Waals surface area contributed by atoms with Gasteiger partial charge in [0.15, 0.2) is 0 Å². The molecule has 2 unspecified atom stereocenters. The Morgan fingerprint density at radius 3 is 2.64 bits per heavy atom. The van der Waals surface area contributed by atoms with Crippen molar-refractivity contribution in [1.82, 2.24) is 5.32 Å². The molecule has 86 valence electrons. The highest BCUT2D eigenvalue weighted by Gasteiger charge is 2.20. The van der Waals surface area contributed by atoms with Crippen LogP contribution in [0.25, 0.3) is 0 Å². The van der Waals surface area contributed by atoms with E-state index >= 15 is 0 Å². The Labute approximate surface area is 91.6 Å². The minimum atomic E-state index is -0.624. The van der Waals surface area contributed by atoms with Crippen LogP contribution >= 0.6 is 11.8 Å². The third-order valence-electron chi connectivity index (χ3n) is 2.09. The average Bonchev–Trinajstić information content (AvgIpc) is 2.12. The minimum Gasteiger partial charge on any atom is -0.388 e. The van der Waals surface area contributed by atoms with Crippen LogP contribution in [0.5, 0.6) is 0 Å². The predicted octanol–water partition coefficient (Wildman–Crippen LogP) is 1.11. The standard InChI is InChI=1S/C10H23NO2S/c1-5-9(6-13-3)11-7-10(2,12)8-14-4/h9,11-12H,5-8H2,1-4H3. The molecule has 3 nitrogen and oxygen atoms in total. The van der Waals surface area contributed by atoms with E-state index in [0.717, 1.165) is 12.2 Å². The van der Waals surface area contributed by atoms with E-state index in [-0.39, 0.29) is 0 Å². The fourth-order valence-corrected chi connectivity index (χ4v) is 1.97. The summed E-state index contributed by atoms with van der Waals surface area (Å²) in [6.07, 6.45) is 3.02. The maximum atomic E-state index is 9.90. The third kappa shape index (κ3) is 6.65. The van der Waals surface area contributed by atoms with Crippen LogP contribution in [0.3, 0.4) is 0 Å². The SMILES string of the molecule is CCC(COC)NCC(C)(O)CSC. The van der Waals surface area contributed by atoms with E-state index in [4.69, 9.17) is 4.74 Å². The summed E-state index contributed by atoms with van der Waals surface area (Å²) in [7, 11) is 1.70. The molecule has 0 aromatic carbocycles. The highest BCUT2D eigenvalue weighted by atomic mass is 32.2. The van der Waals surface area contributed by atoms with Crippen LogP contribution in [0.4, 0.5) is 0 Å². The van der Waals surface area contributed by atoms with Crippen LogP contribution in [-0.2, 0) is 4.74 Å². The van der Waals surface area contributed by atoms with Gasteiger partial charge < -0.3 is 15.2 Å². The van der Waals surface area contributed by atoms with Gasteiger partial charge in [-0.3, -0.25) is 0 Å². The second-order valence-electron chi connectivity index (χ2n) is 3.87. The summed E-state index contributed by atoms with van der Waals surface area (Å²) in [6, 6.07) is 0.341. The number of hydrogen-bond acceptors (Lipinski definition) is 4. The van der Waals surface area contributed by atoms with Gasteiger partial charge in [-0.05, 0) is 19.6 Å². The molecule has 0 rings (SSSR count). The Bertz CT molecular complexity index is 142. The van der Waals surface area contributed by atoms with Gasteiger partial charge >= 0.3 is 0 Å². The lowest BCUT2D eigenvalue weighted by atomic mass is 10.1. The second kappa shape index (κ2) is 7.51. The quantitative estimate of drug-likeness (QED) is 0.644. The first-order chi connectivity index (χ1) is 6.55. The molecule has 0 aliphatic rings. The normalized spacial score (nSPS) is 17.8. The summed E-state index contributed by atoms with van der Waals surface area (Å²) in [6.45, 7) is 5.29. The van der Waals surface area contributed by atoms with Crippen molar-refractivity contribution >= 4 is 11.8 Å². The van der Waals surface area contributed by atoms with Crippen LogP contribution in [0.15, 0.2) is 0 Å². The van der Waals surface area contributed by atoms with E-state index in [1.165, 1.54) is 0 Å². The molecule has 0 bridgehead atoms. The molecule has 0 radical (unpaired) electrons. The lowest BCUT2D eigenvalue weighted by Gasteiger charge is -2.26. The van der Waals surface area contributed by atoms with Gasteiger partial charge in [-0.15, -0.1) is 0 Å². The van der Waals surface area contributed by atoms with Crippen molar-refractivity contribution in [3.8, 4) is 0 Å². The molecular formula is C10H23NO2S. The molecule has 2 N–H and O–H groups in total. The summed E-state index contributed by atoms with van der Waals surface area (Å²) in [5.74, 6) is 0.753. The molecule has 0 saturated carbocycles. The van der Waals surface area contributed by atoms with Gasteiger partial charge in [-0.1, -0.05) is 6.92 Å². The van der Waals surface area contributed by atoms with Crippen LogP contribution in [0.1, 0.15) is 20.3 Å². The zero-order valence-electron chi connectivity index (χ0n) is 9.67. The fourth-order valence-electron chi connectivity index (χ4n) is 1.25. The molecule has 0 amide bonds. The molecule has 0 saturated heterocycles. The number of ether oxygens (including phenoxy) is 1. The molecule has 0 aliphatic carbocycles. The summed E-state index contributed by atoms with van der Waals surface area (Å²) in [5, 5.41) is 13.2. The molecule has 0 spiro atoms. The highest BCUT2D eigenvalue weighted by Crippen LogP contribution is 2.09. The number of rotatable bonds is 8. The van der Waals surface area contributed by atoms with Crippen molar-refractivity contribution in [2.45, 2.75) is 31.9 Å². The molecular weight excluding hydrogens is 198 g/mol. The zero-order chi connectivity index (χ0) is 11.0. The van der Waals surface area contributed by atoms with Crippen molar-refractivity contribution in [1.29, 1.82) is 0 Å². The van der Waals surface area contributed by atoms with Crippen molar-refractivity contribution in [2.24, 2.45) is 0 Å². The van der Waals surface area contributed by atoms with Gasteiger partial charge in [-0.25, -0.2) is 0 Å². The maximum absolute atomic E-state index is 9.90. The van der Waals surface area contributed by atoms with Crippen molar-refractivity contribution in [3.05, 3.63) is 0 Å². The second-order valence-corrected chi connectivity index (χ2v) is 4.74. The van der Waals surface area contributed by atoms with Crippen molar-refractivity contribution in [3.63, 3.8) is 0 Å². The number of methoxy groups -OCH3 is 1. The van der Waals surface area contributed by atoms with Gasteiger partial charge in [0.25, 0.3) is 0 Å². The number of thioether (sulfide) groups is 1. The van der Waals surface area contributed by atoms with E-state index in [2.05, 4.69) is 12.2 Å². The molecule has 0 fully saturated rings. The maximum Gasteiger partial charge on any atom is 0.0833 e. The lowest BCUT2D eigenvalue weighted by molar-refractivity contribution is 0.0740. The summed E-state index contributed by atoms with van der Waals surface area (Å²) in [5.41, 5.74) is -0.624. The predicted molar refractivity (Wildman–Crippen MR) is 63.0 cm³/mol. The largest absolute Gasteiger partial charge is 0.388 e. The van der Waals surface area contributed by atoms with E-state index in [0.29, 0.717) is 19.2 Å². The summed E-state index contributed by atoms with van der Waals surface area (Å²) >= 11 is 1.66. The molecule has 2 atom stereocenters. The molecule has 14 heavy (non-hydrogen) atoms. The number of nitrogens with one attached hydrogen (secondary N) is 1. The molecule has 0 aliphatic heterocycles. The fraction of sp³-hybridized carbons (Fsp3) is 1.00. The van der Waals surface area contributed by atoms with Crippen LogP contribution in [0, 0.1) is 0 Å². The monoisotopic (exact) mass is 221 g/mol.